The minimum absolute atomic E-state index is 0.358. The fourth-order valence-electron chi connectivity index (χ4n) is 0.903. The summed E-state index contributed by atoms with van der Waals surface area (Å²) in [6, 6.07) is 5.18. The summed E-state index contributed by atoms with van der Waals surface area (Å²) in [4.78, 5) is 11.7. The highest BCUT2D eigenvalue weighted by molar-refractivity contribution is 14.1. The smallest absolute Gasteiger partial charge is 0.335 e. The molecule has 70 valence electrons. The van der Waals surface area contributed by atoms with Gasteiger partial charge in [-0.25, -0.2) is 4.79 Å². The molecule has 0 unspecified atom stereocenters. The van der Waals surface area contributed by atoms with Gasteiger partial charge in [0.2, 0.25) is 0 Å². The first-order valence-electron chi connectivity index (χ1n) is 3.80. The molecule has 0 fully saturated rings. The molecule has 0 aromatic heterocycles. The van der Waals surface area contributed by atoms with E-state index in [1.54, 1.807) is 23.9 Å². The van der Waals surface area contributed by atoms with Crippen LogP contribution in [0.5, 0.6) is 0 Å². The molecule has 0 radical (unpaired) electrons. The number of carbonyl (C=O) groups is 1. The predicted molar refractivity (Wildman–Crippen MR) is 62.5 cm³/mol. The number of carboxylic acid groups (broad SMARTS) is 1. The van der Waals surface area contributed by atoms with Crippen molar-refractivity contribution >= 4 is 40.3 Å². The van der Waals surface area contributed by atoms with E-state index in [2.05, 4.69) is 22.6 Å². The molecule has 0 bridgehead atoms. The van der Waals surface area contributed by atoms with Gasteiger partial charge in [-0.15, -0.1) is 11.8 Å². The van der Waals surface area contributed by atoms with Crippen LogP contribution in [-0.2, 0) is 0 Å². The first-order chi connectivity index (χ1) is 6.15. The van der Waals surface area contributed by atoms with Crippen LogP contribution < -0.4 is 0 Å². The highest BCUT2D eigenvalue weighted by atomic mass is 127. The molecule has 1 rings (SSSR count). The Labute approximate surface area is 94.9 Å². The number of halogens is 1. The molecule has 0 saturated carbocycles. The largest absolute Gasteiger partial charge is 0.478 e. The molecule has 1 N–H and O–H groups in total. The third-order valence-corrected chi connectivity index (χ3v) is 3.72. The highest BCUT2D eigenvalue weighted by Crippen LogP contribution is 2.25. The number of carboxylic acids is 1. The van der Waals surface area contributed by atoms with E-state index in [9.17, 15) is 4.79 Å². The fraction of sp³-hybridized carbons (Fsp3) is 0.222. The lowest BCUT2D eigenvalue weighted by Crippen LogP contribution is -1.96. The molecule has 0 aliphatic carbocycles. The van der Waals surface area contributed by atoms with E-state index in [0.29, 0.717) is 5.56 Å². The lowest BCUT2D eigenvalue weighted by molar-refractivity contribution is 0.0696. The van der Waals surface area contributed by atoms with Crippen molar-refractivity contribution in [3.63, 3.8) is 0 Å². The molecule has 1 aromatic rings. The summed E-state index contributed by atoms with van der Waals surface area (Å²) in [5, 5.41) is 8.76. The fourth-order valence-corrected chi connectivity index (χ4v) is 2.43. The molecular formula is C9H9IO2S. The Hall–Kier alpha value is -0.230. The van der Waals surface area contributed by atoms with Crippen molar-refractivity contribution in [3.05, 3.63) is 27.3 Å². The van der Waals surface area contributed by atoms with E-state index in [0.717, 1.165) is 14.2 Å². The number of thioether (sulfide) groups is 1. The molecule has 1 aromatic carbocycles. The van der Waals surface area contributed by atoms with Gasteiger partial charge in [0.1, 0.15) is 0 Å². The predicted octanol–water partition coefficient (Wildman–Crippen LogP) is 3.10. The van der Waals surface area contributed by atoms with Gasteiger partial charge < -0.3 is 5.11 Å². The van der Waals surface area contributed by atoms with Crippen LogP contribution in [0.15, 0.2) is 23.1 Å². The second-order valence-electron chi connectivity index (χ2n) is 2.38. The topological polar surface area (TPSA) is 37.3 Å². The average Bonchev–Trinajstić information content (AvgIpc) is 2.08. The van der Waals surface area contributed by atoms with Crippen molar-refractivity contribution in [2.75, 3.05) is 5.75 Å². The van der Waals surface area contributed by atoms with Crippen LogP contribution in [0.25, 0.3) is 0 Å². The second kappa shape index (κ2) is 4.85. The van der Waals surface area contributed by atoms with Crippen LogP contribution in [0, 0.1) is 3.57 Å². The minimum Gasteiger partial charge on any atom is -0.478 e. The molecule has 0 aliphatic rings. The number of rotatable bonds is 3. The van der Waals surface area contributed by atoms with Gasteiger partial charge >= 0.3 is 5.97 Å². The first-order valence-corrected chi connectivity index (χ1v) is 5.87. The van der Waals surface area contributed by atoms with E-state index in [1.165, 1.54) is 0 Å². The molecule has 0 saturated heterocycles. The minimum atomic E-state index is -0.866. The Morgan fingerprint density at radius 3 is 2.85 bits per heavy atom. The Morgan fingerprint density at radius 1 is 1.62 bits per heavy atom. The second-order valence-corrected chi connectivity index (χ2v) is 4.85. The third-order valence-electron chi connectivity index (χ3n) is 1.48. The molecule has 0 aliphatic heterocycles. The lowest BCUT2D eigenvalue weighted by Gasteiger charge is -2.03. The van der Waals surface area contributed by atoms with E-state index < -0.39 is 5.97 Å². The van der Waals surface area contributed by atoms with Gasteiger partial charge in [0.15, 0.2) is 0 Å². The monoisotopic (exact) mass is 308 g/mol. The van der Waals surface area contributed by atoms with Crippen molar-refractivity contribution in [2.24, 2.45) is 0 Å². The maximum Gasteiger partial charge on any atom is 0.335 e. The van der Waals surface area contributed by atoms with Gasteiger partial charge in [0.25, 0.3) is 0 Å². The summed E-state index contributed by atoms with van der Waals surface area (Å²) in [5.41, 5.74) is 0.358. The van der Waals surface area contributed by atoms with E-state index in [4.69, 9.17) is 5.11 Å². The molecule has 0 amide bonds. The van der Waals surface area contributed by atoms with E-state index in [1.807, 2.05) is 13.0 Å². The van der Waals surface area contributed by atoms with Crippen LogP contribution in [0.1, 0.15) is 17.3 Å². The van der Waals surface area contributed by atoms with E-state index >= 15 is 0 Å². The zero-order valence-electron chi connectivity index (χ0n) is 7.08. The van der Waals surface area contributed by atoms with Crippen LogP contribution in [0.4, 0.5) is 0 Å². The van der Waals surface area contributed by atoms with Crippen LogP contribution in [0.2, 0.25) is 0 Å². The summed E-state index contributed by atoms with van der Waals surface area (Å²) in [6.45, 7) is 2.05. The molecule has 0 spiro atoms. The molecule has 0 atom stereocenters. The molecular weight excluding hydrogens is 299 g/mol. The molecule has 2 nitrogen and oxygen atoms in total. The summed E-state index contributed by atoms with van der Waals surface area (Å²) in [5.74, 6) is 0.0911. The summed E-state index contributed by atoms with van der Waals surface area (Å²) in [6.07, 6.45) is 0. The molecule has 13 heavy (non-hydrogen) atoms. The van der Waals surface area contributed by atoms with Gasteiger partial charge in [0, 0.05) is 8.47 Å². The number of hydrogen-bond acceptors (Lipinski definition) is 2. The van der Waals surface area contributed by atoms with E-state index in [-0.39, 0.29) is 0 Å². The Morgan fingerprint density at radius 2 is 2.31 bits per heavy atom. The van der Waals surface area contributed by atoms with Gasteiger partial charge in [0.05, 0.1) is 5.56 Å². The zero-order valence-corrected chi connectivity index (χ0v) is 10.1. The molecule has 4 heteroatoms. The van der Waals surface area contributed by atoms with Crippen molar-refractivity contribution in [2.45, 2.75) is 11.8 Å². The highest BCUT2D eigenvalue weighted by Gasteiger charge is 2.06. The third kappa shape index (κ3) is 2.87. The normalized spacial score (nSPS) is 10.0. The Kier molecular flexibility index (Phi) is 4.05. The quantitative estimate of drug-likeness (QED) is 0.689. The summed E-state index contributed by atoms with van der Waals surface area (Å²) < 4.78 is 1.11. The maximum absolute atomic E-state index is 10.7. The van der Waals surface area contributed by atoms with Crippen molar-refractivity contribution in [1.29, 1.82) is 0 Å². The van der Waals surface area contributed by atoms with Gasteiger partial charge in [-0.3, -0.25) is 0 Å². The first kappa shape index (κ1) is 10.8. The average molecular weight is 308 g/mol. The summed E-state index contributed by atoms with van der Waals surface area (Å²) in [7, 11) is 0. The SMILES string of the molecule is CCSc1cc(C(=O)O)ccc1I. The lowest BCUT2D eigenvalue weighted by atomic mass is 10.2. The molecule has 0 heterocycles. The standard InChI is InChI=1S/C9H9IO2S/c1-2-13-8-5-6(9(11)12)3-4-7(8)10/h3-5H,2H2,1H3,(H,11,12). The number of aromatic carboxylic acids is 1. The maximum atomic E-state index is 10.7. The number of benzene rings is 1. The van der Waals surface area contributed by atoms with Crippen LogP contribution >= 0.6 is 34.4 Å². The van der Waals surface area contributed by atoms with Gasteiger partial charge in [-0.2, -0.15) is 0 Å². The van der Waals surface area contributed by atoms with Gasteiger partial charge in [-0.05, 0) is 46.5 Å². The van der Waals surface area contributed by atoms with Crippen LogP contribution in [-0.4, -0.2) is 16.8 Å². The summed E-state index contributed by atoms with van der Waals surface area (Å²) >= 11 is 3.87. The van der Waals surface area contributed by atoms with Gasteiger partial charge in [-0.1, -0.05) is 6.92 Å². The number of hydrogen-bond donors (Lipinski definition) is 1. The van der Waals surface area contributed by atoms with Crippen molar-refractivity contribution in [1.82, 2.24) is 0 Å². The Bertz CT molecular complexity index is 325. The Balaban J connectivity index is 3.03. The van der Waals surface area contributed by atoms with Crippen molar-refractivity contribution in [3.8, 4) is 0 Å². The van der Waals surface area contributed by atoms with Crippen molar-refractivity contribution < 1.29 is 9.90 Å². The zero-order chi connectivity index (χ0) is 9.84. The van der Waals surface area contributed by atoms with Crippen LogP contribution in [0.3, 0.4) is 0 Å².